The monoisotopic (exact) mass is 237 g/mol. The van der Waals surface area contributed by atoms with Crippen molar-refractivity contribution in [1.82, 2.24) is 0 Å². The third-order valence-corrected chi connectivity index (χ3v) is 2.24. The first-order valence-electron chi connectivity index (χ1n) is 4.67. The van der Waals surface area contributed by atoms with Crippen molar-refractivity contribution < 1.29 is 34.7 Å². The van der Waals surface area contributed by atoms with E-state index in [9.17, 15) is 20.1 Å². The van der Waals surface area contributed by atoms with Crippen LogP contribution >= 0.6 is 0 Å². The lowest BCUT2D eigenvalue weighted by molar-refractivity contribution is -0.299. The van der Waals surface area contributed by atoms with Crippen molar-refractivity contribution in [3.05, 3.63) is 0 Å². The topological polar surface area (TPSA) is 142 Å². The van der Waals surface area contributed by atoms with E-state index in [4.69, 9.17) is 20.3 Å². The number of aliphatic hydroxyl groups excluding tert-OH is 4. The fourth-order valence-corrected chi connectivity index (χ4v) is 1.37. The molecule has 94 valence electrons. The van der Waals surface area contributed by atoms with E-state index in [0.29, 0.717) is 0 Å². The molecule has 0 bridgehead atoms. The van der Waals surface area contributed by atoms with E-state index in [1.165, 1.54) is 0 Å². The molecule has 1 fully saturated rings. The average Bonchev–Trinajstić information content (AvgIpc) is 2.25. The van der Waals surface area contributed by atoms with Gasteiger partial charge >= 0.3 is 0 Å². The number of aliphatic hydroxyl groups is 4. The first-order valence-corrected chi connectivity index (χ1v) is 4.67. The largest absolute Gasteiger partial charge is 0.394 e. The van der Waals surface area contributed by atoms with Gasteiger partial charge in [-0.05, 0) is 0 Å². The summed E-state index contributed by atoms with van der Waals surface area (Å²) < 4.78 is 9.72. The predicted molar refractivity (Wildman–Crippen MR) is 48.9 cm³/mol. The van der Waals surface area contributed by atoms with Crippen molar-refractivity contribution in [2.24, 2.45) is 5.73 Å². The molecule has 0 aromatic heterocycles. The molecule has 0 aliphatic carbocycles. The minimum absolute atomic E-state index is 0.497. The Morgan fingerprint density at radius 1 is 1.25 bits per heavy atom. The summed E-state index contributed by atoms with van der Waals surface area (Å²) in [5, 5.41) is 37.0. The van der Waals surface area contributed by atoms with Gasteiger partial charge in [0.1, 0.15) is 31.0 Å². The van der Waals surface area contributed by atoms with Crippen molar-refractivity contribution in [3.8, 4) is 0 Å². The average molecular weight is 237 g/mol. The van der Waals surface area contributed by atoms with Gasteiger partial charge < -0.3 is 35.6 Å². The molecule has 1 aliphatic heterocycles. The fourth-order valence-electron chi connectivity index (χ4n) is 1.37. The molecule has 8 heteroatoms. The van der Waals surface area contributed by atoms with Crippen LogP contribution in [0, 0.1) is 0 Å². The van der Waals surface area contributed by atoms with Crippen molar-refractivity contribution >= 4 is 5.91 Å². The molecule has 1 aliphatic rings. The van der Waals surface area contributed by atoms with Crippen LogP contribution < -0.4 is 5.73 Å². The quantitative estimate of drug-likeness (QED) is 0.338. The minimum Gasteiger partial charge on any atom is -0.394 e. The van der Waals surface area contributed by atoms with Crippen LogP contribution in [-0.2, 0) is 14.3 Å². The molecule has 1 heterocycles. The van der Waals surface area contributed by atoms with Crippen molar-refractivity contribution in [2.45, 2.75) is 30.7 Å². The van der Waals surface area contributed by atoms with E-state index in [2.05, 4.69) is 0 Å². The molecule has 1 saturated heterocycles. The highest BCUT2D eigenvalue weighted by atomic mass is 16.7. The number of hydrogen-bond acceptors (Lipinski definition) is 7. The summed E-state index contributed by atoms with van der Waals surface area (Å²) in [4.78, 5) is 10.4. The smallest absolute Gasteiger partial charge is 0.243 e. The van der Waals surface area contributed by atoms with Gasteiger partial charge in [-0.2, -0.15) is 0 Å². The van der Waals surface area contributed by atoms with Gasteiger partial charge in [0.05, 0.1) is 6.61 Å². The highest BCUT2D eigenvalue weighted by Crippen LogP contribution is 2.21. The molecule has 0 radical (unpaired) electrons. The van der Waals surface area contributed by atoms with E-state index >= 15 is 0 Å². The summed E-state index contributed by atoms with van der Waals surface area (Å²) in [7, 11) is 0. The zero-order valence-corrected chi connectivity index (χ0v) is 8.39. The van der Waals surface area contributed by atoms with Gasteiger partial charge in [0.25, 0.3) is 0 Å². The summed E-state index contributed by atoms with van der Waals surface area (Å²) >= 11 is 0. The number of rotatable bonds is 4. The minimum atomic E-state index is -1.52. The number of hydrogen-bond donors (Lipinski definition) is 5. The summed E-state index contributed by atoms with van der Waals surface area (Å²) in [6.45, 7) is -1.05. The standard InChI is InChI=1S/C8H15NO7/c9-4(11)2-15-8-7(14)6(13)5(12)3(1-10)16-8/h3,5-8,10,12-14H,1-2H2,(H2,9,11)/t3-,5-,6+,7-,8-/m1/s1. The normalized spacial score (nSPS) is 39.6. The second-order valence-electron chi connectivity index (χ2n) is 3.47. The van der Waals surface area contributed by atoms with Crippen LogP contribution in [-0.4, -0.2) is 70.3 Å². The Hall–Kier alpha value is -0.770. The summed E-state index contributed by atoms with van der Waals surface area (Å²) in [5.74, 6) is -0.767. The van der Waals surface area contributed by atoms with Crippen LogP contribution in [0.1, 0.15) is 0 Å². The zero-order chi connectivity index (χ0) is 12.3. The van der Waals surface area contributed by atoms with Crippen LogP contribution in [0.25, 0.3) is 0 Å². The number of carbonyl (C=O) groups excluding carboxylic acids is 1. The second kappa shape index (κ2) is 5.53. The van der Waals surface area contributed by atoms with E-state index in [-0.39, 0.29) is 0 Å². The Morgan fingerprint density at radius 3 is 2.38 bits per heavy atom. The van der Waals surface area contributed by atoms with Crippen molar-refractivity contribution in [3.63, 3.8) is 0 Å². The molecule has 16 heavy (non-hydrogen) atoms. The van der Waals surface area contributed by atoms with Gasteiger partial charge in [0.2, 0.25) is 5.91 Å². The molecule has 0 spiro atoms. The second-order valence-corrected chi connectivity index (χ2v) is 3.47. The van der Waals surface area contributed by atoms with Crippen LogP contribution in [0.5, 0.6) is 0 Å². The Kier molecular flexibility index (Phi) is 4.59. The van der Waals surface area contributed by atoms with E-state index in [1.54, 1.807) is 0 Å². The van der Waals surface area contributed by atoms with E-state index in [0.717, 1.165) is 0 Å². The van der Waals surface area contributed by atoms with Crippen LogP contribution in [0.2, 0.25) is 0 Å². The van der Waals surface area contributed by atoms with Crippen LogP contribution in [0.3, 0.4) is 0 Å². The molecule has 0 aromatic carbocycles. The first-order chi connectivity index (χ1) is 7.47. The predicted octanol–water partition coefficient (Wildman–Crippen LogP) is -3.71. The van der Waals surface area contributed by atoms with Gasteiger partial charge in [-0.25, -0.2) is 0 Å². The molecule has 0 unspecified atom stereocenters. The maximum absolute atomic E-state index is 10.4. The molecular formula is C8H15NO7. The number of amides is 1. The lowest BCUT2D eigenvalue weighted by atomic mass is 9.99. The summed E-state index contributed by atoms with van der Waals surface area (Å²) in [5.41, 5.74) is 4.82. The molecular weight excluding hydrogens is 222 g/mol. The Bertz CT molecular complexity index is 247. The molecule has 1 rings (SSSR count). The summed E-state index contributed by atoms with van der Waals surface area (Å²) in [6, 6.07) is 0. The van der Waals surface area contributed by atoms with E-state index in [1.807, 2.05) is 0 Å². The van der Waals surface area contributed by atoms with Crippen LogP contribution in [0.15, 0.2) is 0 Å². The molecule has 0 saturated carbocycles. The SMILES string of the molecule is NC(=O)CO[C@@H]1O[C@H](CO)[C@@H](O)[C@H](O)[C@H]1O. The molecule has 0 aromatic rings. The number of carbonyl (C=O) groups is 1. The third-order valence-electron chi connectivity index (χ3n) is 2.24. The molecule has 8 nitrogen and oxygen atoms in total. The molecule has 1 amide bonds. The number of ether oxygens (including phenoxy) is 2. The molecule has 5 atom stereocenters. The number of primary amides is 1. The maximum atomic E-state index is 10.4. The van der Waals surface area contributed by atoms with Gasteiger partial charge in [0.15, 0.2) is 6.29 Å². The van der Waals surface area contributed by atoms with Gasteiger partial charge in [-0.3, -0.25) is 4.79 Å². The van der Waals surface area contributed by atoms with Crippen molar-refractivity contribution in [2.75, 3.05) is 13.2 Å². The Labute approximate surface area is 91.2 Å². The summed E-state index contributed by atoms with van der Waals surface area (Å²) in [6.07, 6.45) is -6.87. The fraction of sp³-hybridized carbons (Fsp3) is 0.875. The lowest BCUT2D eigenvalue weighted by Gasteiger charge is -2.39. The zero-order valence-electron chi connectivity index (χ0n) is 8.39. The lowest BCUT2D eigenvalue weighted by Crippen LogP contribution is -2.59. The van der Waals surface area contributed by atoms with Gasteiger partial charge in [0, 0.05) is 0 Å². The van der Waals surface area contributed by atoms with Gasteiger partial charge in [-0.15, -0.1) is 0 Å². The van der Waals surface area contributed by atoms with Crippen LogP contribution in [0.4, 0.5) is 0 Å². The maximum Gasteiger partial charge on any atom is 0.243 e. The highest BCUT2D eigenvalue weighted by molar-refractivity contribution is 5.74. The van der Waals surface area contributed by atoms with E-state index < -0.39 is 49.8 Å². The first kappa shape index (κ1) is 13.3. The number of nitrogens with two attached hydrogens (primary N) is 1. The van der Waals surface area contributed by atoms with Gasteiger partial charge in [-0.1, -0.05) is 0 Å². The third kappa shape index (κ3) is 2.88. The van der Waals surface area contributed by atoms with Crippen molar-refractivity contribution in [1.29, 1.82) is 0 Å². The molecule has 6 N–H and O–H groups in total. The highest BCUT2D eigenvalue weighted by Gasteiger charge is 2.44. The Balaban J connectivity index is 2.60. The Morgan fingerprint density at radius 2 is 1.88 bits per heavy atom.